The van der Waals surface area contributed by atoms with Crippen molar-refractivity contribution in [2.24, 2.45) is 0 Å². The second-order valence-corrected chi connectivity index (χ2v) is 4.17. The van der Waals surface area contributed by atoms with Crippen molar-refractivity contribution in [2.45, 2.75) is 5.05 Å². The Morgan fingerprint density at radius 1 is 1.75 bits per heavy atom. The topological polar surface area (TPSA) is 0 Å². The quantitative estimate of drug-likeness (QED) is 0.521. The Labute approximate surface area is 52.7 Å². The molecule has 0 N–H and O–H groups in total. The smallest absolute Gasteiger partial charge is 0.307 e. The summed E-state index contributed by atoms with van der Waals surface area (Å²) >= 11 is 3.51. The fourth-order valence-electron chi connectivity index (χ4n) is 0. The van der Waals surface area contributed by atoms with Crippen molar-refractivity contribution in [1.82, 2.24) is 0 Å². The third-order valence-corrected chi connectivity index (χ3v) is 0. The molecule has 0 saturated carbocycles. The third-order valence-electron chi connectivity index (χ3n) is 0. The zero-order valence-electron chi connectivity index (χ0n) is 2.49. The van der Waals surface area contributed by atoms with Gasteiger partial charge in [0.1, 0.15) is 0 Å². The molecule has 0 radical (unpaired) electrons. The summed E-state index contributed by atoms with van der Waals surface area (Å²) in [7, 11) is 0. The first kappa shape index (κ1) is 9.21. The van der Waals surface area contributed by atoms with Crippen molar-refractivity contribution < 1.29 is 0 Å². The number of hydrogen-bond donors (Lipinski definition) is 0. The number of halogens is 2. The van der Waals surface area contributed by atoms with Crippen LogP contribution < -0.4 is 0 Å². The highest BCUT2D eigenvalue weighted by Crippen LogP contribution is 1.62. The van der Waals surface area contributed by atoms with Crippen LogP contribution in [0, 0.1) is 0 Å². The average Bonchev–Trinajstić information content (AvgIpc) is 0.918. The van der Waals surface area contributed by atoms with Gasteiger partial charge in [0, 0.05) is 0 Å². The first-order chi connectivity index (χ1) is 1.41. The van der Waals surface area contributed by atoms with E-state index < -0.39 is 0 Å². The van der Waals surface area contributed by atoms with Crippen LogP contribution in [0.5, 0.6) is 0 Å². The predicted molar refractivity (Wildman–Crippen MR) is 30.9 cm³/mol. The van der Waals surface area contributed by atoms with Gasteiger partial charge in [0.15, 0.2) is 0 Å². The molecule has 4 heavy (non-hydrogen) atoms. The molecular formula is CH4Br2Mg. The molecule has 0 unspecified atom stereocenters. The van der Waals surface area contributed by atoms with Gasteiger partial charge < -0.3 is 12.9 Å². The van der Waals surface area contributed by atoms with Gasteiger partial charge in [-0.25, -0.2) is 0 Å². The lowest BCUT2D eigenvalue weighted by atomic mass is 11.9. The maximum atomic E-state index is 3.28. The van der Waals surface area contributed by atoms with Crippen LogP contribution in [0.3, 0.4) is 0 Å². The van der Waals surface area contributed by atoms with Gasteiger partial charge in [-0.1, -0.05) is 0 Å². The van der Waals surface area contributed by atoms with Gasteiger partial charge in [-0.15, -0.1) is 22.0 Å². The fraction of sp³-hybridized carbons (Fsp3) is 1.00. The van der Waals surface area contributed by atoms with Crippen LogP contribution >= 0.6 is 29.9 Å². The molecule has 0 fully saturated rings. The Morgan fingerprint density at radius 2 is 1.75 bits per heavy atom. The summed E-state index contributed by atoms with van der Waals surface area (Å²) in [5.74, 6) is 0. The molecule has 0 heterocycles. The second kappa shape index (κ2) is 8.83. The summed E-state index contributed by atoms with van der Waals surface area (Å²) in [6.45, 7) is 0. The van der Waals surface area contributed by atoms with Crippen LogP contribution in [0.4, 0.5) is 0 Å². The van der Waals surface area contributed by atoms with Gasteiger partial charge in [-0.05, 0) is 0 Å². The number of hydrogen-bond acceptors (Lipinski definition) is 0. The molecule has 0 saturated heterocycles. The molecule has 0 rings (SSSR count). The van der Waals surface area contributed by atoms with Crippen molar-refractivity contribution >= 4 is 48.1 Å². The standard InChI is InChI=1S/CH3.2BrH.Mg/h1H3;2*1H;/q;;;+1/p-1. The Bertz CT molecular complexity index is 6.00. The average molecular weight is 200 g/mol. The maximum Gasteiger partial charge on any atom is 0.465 e. The number of rotatable bonds is 0. The first-order valence-electron chi connectivity index (χ1n) is 0.974. The summed E-state index contributed by atoms with van der Waals surface area (Å²) in [4.78, 5) is 0. The minimum absolute atomic E-state index is 0. The molecule has 0 aromatic rings. The minimum Gasteiger partial charge on any atom is -0.307 e. The van der Waals surface area contributed by atoms with Gasteiger partial charge in [-0.3, -0.25) is 0 Å². The van der Waals surface area contributed by atoms with Crippen molar-refractivity contribution in [2.75, 3.05) is 0 Å². The van der Waals surface area contributed by atoms with E-state index in [1.807, 2.05) is 0 Å². The SMILES string of the molecule is Br.[CH3][Mg][Br]. The molecule has 0 aliphatic rings. The van der Waals surface area contributed by atoms with Crippen molar-refractivity contribution in [1.29, 1.82) is 0 Å². The van der Waals surface area contributed by atoms with Crippen molar-refractivity contribution in [3.63, 3.8) is 0 Å². The molecule has 0 aromatic heterocycles. The molecule has 3 heteroatoms. The zero-order chi connectivity index (χ0) is 2.71. The van der Waals surface area contributed by atoms with Gasteiger partial charge in [0.25, 0.3) is 0 Å². The summed E-state index contributed by atoms with van der Waals surface area (Å²) in [5.41, 5.74) is 0. The van der Waals surface area contributed by atoms with E-state index in [0.29, 0.717) is 0 Å². The lowest BCUT2D eigenvalue weighted by molar-refractivity contribution is 2.38. The highest BCUT2D eigenvalue weighted by molar-refractivity contribution is 9.23. The van der Waals surface area contributed by atoms with E-state index in [-0.39, 0.29) is 35.2 Å². The summed E-state index contributed by atoms with van der Waals surface area (Å²) < 4.78 is 0. The van der Waals surface area contributed by atoms with Crippen LogP contribution in [-0.4, -0.2) is 18.2 Å². The molecule has 0 amide bonds. The minimum atomic E-state index is 0. The lowest BCUT2D eigenvalue weighted by Crippen LogP contribution is -1.43. The van der Waals surface area contributed by atoms with E-state index in [9.17, 15) is 0 Å². The molecule has 0 aliphatic carbocycles. The molecule has 24 valence electrons. The van der Waals surface area contributed by atoms with E-state index in [1.165, 1.54) is 0 Å². The predicted octanol–water partition coefficient (Wildman–Crippen LogP) is 1.63. The van der Waals surface area contributed by atoms with Crippen molar-refractivity contribution in [3.8, 4) is 0 Å². The van der Waals surface area contributed by atoms with E-state index in [0.717, 1.165) is 0 Å². The Morgan fingerprint density at radius 3 is 1.75 bits per heavy atom. The van der Waals surface area contributed by atoms with E-state index in [2.05, 4.69) is 17.9 Å². The molecular weight excluding hydrogens is 196 g/mol. The largest absolute Gasteiger partial charge is 0.465 e. The summed E-state index contributed by atoms with van der Waals surface area (Å²) in [5, 5.41) is 2.18. The van der Waals surface area contributed by atoms with Crippen LogP contribution in [0.25, 0.3) is 0 Å². The zero-order valence-corrected chi connectivity index (χ0v) is 7.21. The maximum absolute atomic E-state index is 3.28. The molecule has 0 nitrogen and oxygen atoms in total. The molecule has 0 atom stereocenters. The summed E-state index contributed by atoms with van der Waals surface area (Å²) in [6, 6.07) is 0. The van der Waals surface area contributed by atoms with E-state index in [4.69, 9.17) is 0 Å². The molecule has 0 bridgehead atoms. The fourth-order valence-corrected chi connectivity index (χ4v) is 0. The van der Waals surface area contributed by atoms with Crippen LogP contribution in [0.2, 0.25) is 5.05 Å². The lowest BCUT2D eigenvalue weighted by Gasteiger charge is -1.34. The third kappa shape index (κ3) is 9.29. The first-order valence-corrected chi connectivity index (χ1v) is 6.29. The monoisotopic (exact) mass is 198 g/mol. The van der Waals surface area contributed by atoms with E-state index >= 15 is 0 Å². The van der Waals surface area contributed by atoms with Gasteiger partial charge >= 0.3 is 18.2 Å². The van der Waals surface area contributed by atoms with E-state index in [1.54, 1.807) is 0 Å². The Hall–Kier alpha value is 1.73. The normalized spacial score (nSPS) is 2.50. The molecule has 0 aliphatic heterocycles. The molecule has 0 spiro atoms. The molecule has 0 aromatic carbocycles. The Kier molecular flexibility index (Phi) is 20.3. The summed E-state index contributed by atoms with van der Waals surface area (Å²) in [6.07, 6.45) is 0. The van der Waals surface area contributed by atoms with Crippen LogP contribution in [0.15, 0.2) is 0 Å². The van der Waals surface area contributed by atoms with Gasteiger partial charge in [-0.2, -0.15) is 0 Å². The van der Waals surface area contributed by atoms with Gasteiger partial charge in [0.05, 0.1) is 0 Å². The highest BCUT2D eigenvalue weighted by Gasteiger charge is 1.58. The Balaban J connectivity index is 0. The van der Waals surface area contributed by atoms with Crippen molar-refractivity contribution in [3.05, 3.63) is 0 Å². The van der Waals surface area contributed by atoms with Crippen LogP contribution in [0.1, 0.15) is 0 Å². The second-order valence-electron chi connectivity index (χ2n) is 0.267. The van der Waals surface area contributed by atoms with Gasteiger partial charge in [0.2, 0.25) is 0 Å². The highest BCUT2D eigenvalue weighted by atomic mass is 79.9. The van der Waals surface area contributed by atoms with Crippen LogP contribution in [-0.2, 0) is 0 Å².